The Labute approximate surface area is 193 Å². The molecule has 0 spiro atoms. The molecular formula is C28H27N3O2. The maximum absolute atomic E-state index is 13.6. The number of carbonyl (C=O) groups excluding carboxylic acids is 2. The van der Waals surface area contributed by atoms with E-state index in [-0.39, 0.29) is 18.2 Å². The number of aromatic nitrogens is 1. The quantitative estimate of drug-likeness (QED) is 0.471. The molecule has 0 saturated carbocycles. The summed E-state index contributed by atoms with van der Waals surface area (Å²) in [6, 6.07) is 25.2. The van der Waals surface area contributed by atoms with Gasteiger partial charge >= 0.3 is 0 Å². The van der Waals surface area contributed by atoms with Gasteiger partial charge in [0.05, 0.1) is 6.42 Å². The predicted molar refractivity (Wildman–Crippen MR) is 131 cm³/mol. The molecule has 3 aromatic carbocycles. The average molecular weight is 438 g/mol. The third-order valence-corrected chi connectivity index (χ3v) is 6.43. The maximum Gasteiger partial charge on any atom is 0.249 e. The molecule has 166 valence electrons. The van der Waals surface area contributed by atoms with Crippen LogP contribution in [-0.2, 0) is 28.9 Å². The van der Waals surface area contributed by atoms with Crippen molar-refractivity contribution in [2.45, 2.75) is 32.2 Å². The second-order valence-electron chi connectivity index (χ2n) is 8.63. The highest BCUT2D eigenvalue weighted by Crippen LogP contribution is 2.28. The molecule has 0 fully saturated rings. The van der Waals surface area contributed by atoms with Gasteiger partial charge in [-0.15, -0.1) is 0 Å². The van der Waals surface area contributed by atoms with E-state index >= 15 is 0 Å². The standard InChI is InChI=1S/C28H27N3O2/c1-19-23(22-12-6-7-13-24(22)29-19)18-27(32)30-25(17-20-9-3-2-4-10-20)28(33)31-16-15-21-11-5-8-14-26(21)31/h2-14,25,29H,15-18H2,1H3,(H,30,32)/t25-/m0/s1. The van der Waals surface area contributed by atoms with Gasteiger partial charge in [-0.25, -0.2) is 0 Å². The van der Waals surface area contributed by atoms with Gasteiger partial charge in [-0.1, -0.05) is 66.7 Å². The third-order valence-electron chi connectivity index (χ3n) is 6.43. The number of hydrogen-bond donors (Lipinski definition) is 2. The first kappa shape index (κ1) is 21.0. The van der Waals surface area contributed by atoms with Crippen LogP contribution in [0.4, 0.5) is 5.69 Å². The number of hydrogen-bond acceptors (Lipinski definition) is 2. The minimum absolute atomic E-state index is 0.0622. The van der Waals surface area contributed by atoms with E-state index in [1.807, 2.05) is 84.6 Å². The molecule has 5 nitrogen and oxygen atoms in total. The summed E-state index contributed by atoms with van der Waals surface area (Å²) in [6.07, 6.45) is 1.52. The largest absolute Gasteiger partial charge is 0.358 e. The van der Waals surface area contributed by atoms with Crippen molar-refractivity contribution in [2.24, 2.45) is 0 Å². The number of benzene rings is 3. The van der Waals surface area contributed by atoms with Gasteiger partial charge in [-0.05, 0) is 42.2 Å². The topological polar surface area (TPSA) is 65.2 Å². The lowest BCUT2D eigenvalue weighted by Gasteiger charge is -2.25. The lowest BCUT2D eigenvalue weighted by molar-refractivity contribution is -0.127. The molecule has 0 aliphatic carbocycles. The minimum atomic E-state index is -0.628. The Morgan fingerprint density at radius 1 is 0.970 bits per heavy atom. The lowest BCUT2D eigenvalue weighted by atomic mass is 10.0. The lowest BCUT2D eigenvalue weighted by Crippen LogP contribution is -2.50. The highest BCUT2D eigenvalue weighted by Gasteiger charge is 2.31. The number of fused-ring (bicyclic) bond motifs is 2. The molecule has 2 heterocycles. The summed E-state index contributed by atoms with van der Waals surface area (Å²) in [5.41, 5.74) is 6.11. The Bertz CT molecular complexity index is 1310. The molecule has 0 radical (unpaired) electrons. The summed E-state index contributed by atoms with van der Waals surface area (Å²) in [5.74, 6) is -0.211. The van der Waals surface area contributed by atoms with E-state index < -0.39 is 6.04 Å². The molecule has 5 heteroatoms. The van der Waals surface area contributed by atoms with Crippen LogP contribution >= 0.6 is 0 Å². The number of aromatic amines is 1. The van der Waals surface area contributed by atoms with E-state index in [0.29, 0.717) is 13.0 Å². The highest BCUT2D eigenvalue weighted by atomic mass is 16.2. The Morgan fingerprint density at radius 2 is 1.70 bits per heavy atom. The number of carbonyl (C=O) groups is 2. The van der Waals surface area contributed by atoms with Crippen LogP contribution in [0.1, 0.15) is 22.4 Å². The van der Waals surface area contributed by atoms with Gasteiger partial charge in [0.25, 0.3) is 0 Å². The van der Waals surface area contributed by atoms with Crippen LogP contribution in [0.5, 0.6) is 0 Å². The van der Waals surface area contributed by atoms with Gasteiger partial charge in [0.2, 0.25) is 11.8 Å². The Morgan fingerprint density at radius 3 is 2.55 bits per heavy atom. The second-order valence-corrected chi connectivity index (χ2v) is 8.63. The summed E-state index contributed by atoms with van der Waals surface area (Å²) in [6.45, 7) is 2.62. The van der Waals surface area contributed by atoms with Crippen molar-refractivity contribution in [2.75, 3.05) is 11.4 Å². The second kappa shape index (κ2) is 8.94. The van der Waals surface area contributed by atoms with E-state index in [1.165, 1.54) is 5.56 Å². The monoisotopic (exact) mass is 437 g/mol. The van der Waals surface area contributed by atoms with Crippen molar-refractivity contribution in [1.29, 1.82) is 0 Å². The molecule has 2 N–H and O–H groups in total. The zero-order valence-corrected chi connectivity index (χ0v) is 18.7. The van der Waals surface area contributed by atoms with Gasteiger partial charge in [0.15, 0.2) is 0 Å². The summed E-state index contributed by atoms with van der Waals surface area (Å²) in [7, 11) is 0. The number of para-hydroxylation sites is 2. The van der Waals surface area contributed by atoms with Crippen LogP contribution in [0, 0.1) is 6.92 Å². The number of anilines is 1. The van der Waals surface area contributed by atoms with Crippen LogP contribution in [0.3, 0.4) is 0 Å². The summed E-state index contributed by atoms with van der Waals surface area (Å²) in [5, 5.41) is 4.11. The van der Waals surface area contributed by atoms with Crippen molar-refractivity contribution in [3.63, 3.8) is 0 Å². The van der Waals surface area contributed by atoms with E-state index in [4.69, 9.17) is 0 Å². The fourth-order valence-electron chi connectivity index (χ4n) is 4.77. The molecule has 4 aromatic rings. The zero-order valence-electron chi connectivity index (χ0n) is 18.7. The zero-order chi connectivity index (χ0) is 22.8. The fraction of sp³-hybridized carbons (Fsp3) is 0.214. The van der Waals surface area contributed by atoms with Crippen molar-refractivity contribution in [3.8, 4) is 0 Å². The first-order chi connectivity index (χ1) is 16.1. The van der Waals surface area contributed by atoms with Crippen molar-refractivity contribution in [3.05, 3.63) is 101 Å². The van der Waals surface area contributed by atoms with Crippen LogP contribution in [0.15, 0.2) is 78.9 Å². The number of nitrogens with one attached hydrogen (secondary N) is 2. The van der Waals surface area contributed by atoms with Gasteiger partial charge in [-0.3, -0.25) is 9.59 Å². The number of aryl methyl sites for hydroxylation is 1. The Balaban J connectivity index is 1.39. The minimum Gasteiger partial charge on any atom is -0.358 e. The molecule has 2 amide bonds. The van der Waals surface area contributed by atoms with Crippen LogP contribution in [0.25, 0.3) is 10.9 Å². The van der Waals surface area contributed by atoms with Gasteiger partial charge in [0.1, 0.15) is 6.04 Å². The molecule has 33 heavy (non-hydrogen) atoms. The number of amides is 2. The van der Waals surface area contributed by atoms with Crippen molar-refractivity contribution < 1.29 is 9.59 Å². The van der Waals surface area contributed by atoms with Crippen LogP contribution < -0.4 is 10.2 Å². The van der Waals surface area contributed by atoms with Gasteiger partial charge < -0.3 is 15.2 Å². The van der Waals surface area contributed by atoms with Crippen LogP contribution in [-0.4, -0.2) is 29.4 Å². The average Bonchev–Trinajstić information content (AvgIpc) is 3.40. The van der Waals surface area contributed by atoms with Crippen LogP contribution in [0.2, 0.25) is 0 Å². The summed E-state index contributed by atoms with van der Waals surface area (Å²) in [4.78, 5) is 32.0. The molecule has 0 saturated heterocycles. The molecular weight excluding hydrogens is 410 g/mol. The van der Waals surface area contributed by atoms with Crippen molar-refractivity contribution >= 4 is 28.4 Å². The van der Waals surface area contributed by atoms with Crippen molar-refractivity contribution in [1.82, 2.24) is 10.3 Å². The number of rotatable bonds is 6. The molecule has 1 aliphatic rings. The highest BCUT2D eigenvalue weighted by molar-refractivity contribution is 6.01. The van der Waals surface area contributed by atoms with Gasteiger partial charge in [0, 0.05) is 35.2 Å². The maximum atomic E-state index is 13.6. The molecule has 1 aliphatic heterocycles. The molecule has 1 atom stereocenters. The van der Waals surface area contributed by atoms with E-state index in [2.05, 4.69) is 16.4 Å². The smallest absolute Gasteiger partial charge is 0.249 e. The molecule has 0 bridgehead atoms. The summed E-state index contributed by atoms with van der Waals surface area (Å²) < 4.78 is 0. The van der Waals surface area contributed by atoms with Gasteiger partial charge in [-0.2, -0.15) is 0 Å². The van der Waals surface area contributed by atoms with E-state index in [1.54, 1.807) is 0 Å². The molecule has 0 unspecified atom stereocenters. The van der Waals surface area contributed by atoms with E-state index in [9.17, 15) is 9.59 Å². The molecule has 5 rings (SSSR count). The Kier molecular flexibility index (Phi) is 5.69. The SMILES string of the molecule is Cc1[nH]c2ccccc2c1CC(=O)N[C@@H](Cc1ccccc1)C(=O)N1CCc2ccccc21. The third kappa shape index (κ3) is 4.27. The van der Waals surface area contributed by atoms with E-state index in [0.717, 1.165) is 39.8 Å². The predicted octanol–water partition coefficient (Wildman–Crippen LogP) is 4.34. The summed E-state index contributed by atoms with van der Waals surface area (Å²) >= 11 is 0. The fourth-order valence-corrected chi connectivity index (χ4v) is 4.77. The Hall–Kier alpha value is -3.86. The normalized spacial score (nSPS) is 13.7. The number of nitrogens with zero attached hydrogens (tertiary/aromatic N) is 1. The first-order valence-electron chi connectivity index (χ1n) is 11.4. The first-order valence-corrected chi connectivity index (χ1v) is 11.4. The molecule has 1 aromatic heterocycles. The number of H-pyrrole nitrogens is 1.